The highest BCUT2D eigenvalue weighted by Gasteiger charge is 2.23. The van der Waals surface area contributed by atoms with Crippen LogP contribution in [0.15, 0.2) is 34.9 Å². The minimum absolute atomic E-state index is 0.202. The SMILES string of the molecule is COc1ccccc1-c1c(-c2cc(Cl)sc2Cl)noc1N. The zero-order valence-electron chi connectivity index (χ0n) is 10.9. The Kier molecular flexibility index (Phi) is 3.80. The molecular weight excluding hydrogens is 331 g/mol. The second kappa shape index (κ2) is 5.60. The van der Waals surface area contributed by atoms with Crippen LogP contribution in [0.5, 0.6) is 5.75 Å². The molecule has 2 heterocycles. The Hall–Kier alpha value is -1.69. The molecule has 0 amide bonds. The summed E-state index contributed by atoms with van der Waals surface area (Å²) in [5.41, 5.74) is 8.60. The molecule has 3 rings (SSSR count). The average Bonchev–Trinajstić information content (AvgIpc) is 3.01. The number of anilines is 1. The molecule has 21 heavy (non-hydrogen) atoms. The van der Waals surface area contributed by atoms with Crippen molar-refractivity contribution in [3.05, 3.63) is 39.0 Å². The highest BCUT2D eigenvalue weighted by atomic mass is 35.5. The number of methoxy groups -OCH3 is 1. The summed E-state index contributed by atoms with van der Waals surface area (Å²) in [6.45, 7) is 0. The van der Waals surface area contributed by atoms with Gasteiger partial charge in [-0.15, -0.1) is 11.3 Å². The van der Waals surface area contributed by atoms with Crippen LogP contribution in [-0.2, 0) is 0 Å². The molecule has 108 valence electrons. The third-order valence-electron chi connectivity index (χ3n) is 3.01. The van der Waals surface area contributed by atoms with E-state index in [-0.39, 0.29) is 5.88 Å². The summed E-state index contributed by atoms with van der Waals surface area (Å²) < 4.78 is 11.6. The first-order valence-electron chi connectivity index (χ1n) is 5.95. The van der Waals surface area contributed by atoms with Crippen molar-refractivity contribution in [1.29, 1.82) is 0 Å². The van der Waals surface area contributed by atoms with E-state index in [1.165, 1.54) is 11.3 Å². The van der Waals surface area contributed by atoms with Gasteiger partial charge in [0.15, 0.2) is 0 Å². The van der Waals surface area contributed by atoms with E-state index in [1.54, 1.807) is 13.2 Å². The molecule has 0 aliphatic heterocycles. The molecular formula is C14H10Cl2N2O2S. The van der Waals surface area contributed by atoms with Crippen molar-refractivity contribution in [1.82, 2.24) is 5.16 Å². The molecule has 0 aliphatic rings. The number of ether oxygens (including phenoxy) is 1. The van der Waals surface area contributed by atoms with Crippen molar-refractivity contribution < 1.29 is 9.26 Å². The number of thiophene rings is 1. The van der Waals surface area contributed by atoms with E-state index in [4.69, 9.17) is 38.2 Å². The first kappa shape index (κ1) is 14.3. The van der Waals surface area contributed by atoms with Crippen molar-refractivity contribution in [2.45, 2.75) is 0 Å². The minimum Gasteiger partial charge on any atom is -0.496 e. The third kappa shape index (κ3) is 2.48. The van der Waals surface area contributed by atoms with Gasteiger partial charge >= 0.3 is 0 Å². The normalized spacial score (nSPS) is 10.8. The Morgan fingerprint density at radius 2 is 2.00 bits per heavy atom. The predicted molar refractivity (Wildman–Crippen MR) is 86.2 cm³/mol. The van der Waals surface area contributed by atoms with Gasteiger partial charge < -0.3 is 15.0 Å². The molecule has 0 radical (unpaired) electrons. The van der Waals surface area contributed by atoms with E-state index >= 15 is 0 Å². The summed E-state index contributed by atoms with van der Waals surface area (Å²) >= 11 is 13.5. The Morgan fingerprint density at radius 1 is 1.24 bits per heavy atom. The highest BCUT2D eigenvalue weighted by Crippen LogP contribution is 2.45. The maximum Gasteiger partial charge on any atom is 0.230 e. The van der Waals surface area contributed by atoms with Crippen LogP contribution in [0.3, 0.4) is 0 Å². The van der Waals surface area contributed by atoms with Crippen LogP contribution in [0.4, 0.5) is 5.88 Å². The van der Waals surface area contributed by atoms with Crippen LogP contribution in [0, 0.1) is 0 Å². The van der Waals surface area contributed by atoms with Gasteiger partial charge in [0.25, 0.3) is 0 Å². The standard InChI is InChI=1S/C14H10Cl2N2O2S/c1-19-9-5-3-2-4-7(9)11-12(18-20-14(11)17)8-6-10(15)21-13(8)16/h2-6H,17H2,1H3. The summed E-state index contributed by atoms with van der Waals surface area (Å²) in [4.78, 5) is 0. The lowest BCUT2D eigenvalue weighted by Crippen LogP contribution is -1.91. The lowest BCUT2D eigenvalue weighted by atomic mass is 10.0. The van der Waals surface area contributed by atoms with Crippen molar-refractivity contribution in [3.8, 4) is 28.1 Å². The minimum atomic E-state index is 0.202. The van der Waals surface area contributed by atoms with Crippen molar-refractivity contribution in [2.75, 3.05) is 12.8 Å². The number of nitrogens with two attached hydrogens (primary N) is 1. The van der Waals surface area contributed by atoms with Crippen LogP contribution in [0.25, 0.3) is 22.4 Å². The molecule has 0 saturated heterocycles. The number of nitrogens with zero attached hydrogens (tertiary/aromatic N) is 1. The maximum atomic E-state index is 6.20. The fourth-order valence-electron chi connectivity index (χ4n) is 2.10. The number of aromatic nitrogens is 1. The summed E-state index contributed by atoms with van der Waals surface area (Å²) in [5.74, 6) is 0.874. The molecule has 0 bridgehead atoms. The Balaban J connectivity index is 2.25. The van der Waals surface area contributed by atoms with Gasteiger partial charge in [-0.1, -0.05) is 46.6 Å². The van der Waals surface area contributed by atoms with Crippen molar-refractivity contribution >= 4 is 40.4 Å². The highest BCUT2D eigenvalue weighted by molar-refractivity contribution is 7.20. The molecule has 1 aromatic carbocycles. The number of para-hydroxylation sites is 1. The van der Waals surface area contributed by atoms with E-state index in [0.717, 1.165) is 5.56 Å². The number of halogens is 2. The summed E-state index contributed by atoms with van der Waals surface area (Å²) in [7, 11) is 1.59. The molecule has 0 unspecified atom stereocenters. The molecule has 2 N–H and O–H groups in total. The number of hydrogen-bond acceptors (Lipinski definition) is 5. The number of benzene rings is 1. The molecule has 0 atom stereocenters. The first-order chi connectivity index (χ1) is 10.1. The molecule has 0 aliphatic carbocycles. The monoisotopic (exact) mass is 340 g/mol. The largest absolute Gasteiger partial charge is 0.496 e. The van der Waals surface area contributed by atoms with E-state index in [0.29, 0.717) is 31.2 Å². The van der Waals surface area contributed by atoms with Gasteiger partial charge in [-0.25, -0.2) is 0 Å². The van der Waals surface area contributed by atoms with Gasteiger partial charge in [0.2, 0.25) is 5.88 Å². The molecule has 7 heteroatoms. The number of rotatable bonds is 3. The molecule has 3 aromatic rings. The molecule has 0 saturated carbocycles. The summed E-state index contributed by atoms with van der Waals surface area (Å²) in [6.07, 6.45) is 0. The van der Waals surface area contributed by atoms with Gasteiger partial charge in [-0.05, 0) is 12.1 Å². The van der Waals surface area contributed by atoms with E-state index < -0.39 is 0 Å². The van der Waals surface area contributed by atoms with E-state index in [1.807, 2.05) is 24.3 Å². The molecule has 2 aromatic heterocycles. The van der Waals surface area contributed by atoms with Gasteiger partial charge in [0.05, 0.1) is 17.0 Å². The van der Waals surface area contributed by atoms with Crippen LogP contribution in [0.2, 0.25) is 8.67 Å². The molecule has 0 spiro atoms. The smallest absolute Gasteiger partial charge is 0.230 e. The molecule has 4 nitrogen and oxygen atoms in total. The fraction of sp³-hybridized carbons (Fsp3) is 0.0714. The fourth-order valence-corrected chi connectivity index (χ4v) is 3.57. The van der Waals surface area contributed by atoms with Crippen LogP contribution in [0.1, 0.15) is 0 Å². The Bertz CT molecular complexity index is 798. The van der Waals surface area contributed by atoms with E-state index in [2.05, 4.69) is 5.16 Å². The maximum absolute atomic E-state index is 6.20. The number of hydrogen-bond donors (Lipinski definition) is 1. The predicted octanol–water partition coefficient (Wildman–Crippen LogP) is 4.97. The first-order valence-corrected chi connectivity index (χ1v) is 7.52. The van der Waals surface area contributed by atoms with Crippen molar-refractivity contribution in [2.24, 2.45) is 0 Å². The summed E-state index contributed by atoms with van der Waals surface area (Å²) in [6, 6.07) is 9.22. The second-order valence-electron chi connectivity index (χ2n) is 4.21. The summed E-state index contributed by atoms with van der Waals surface area (Å²) in [5, 5.41) is 4.02. The Labute approximate surface area is 135 Å². The lowest BCUT2D eigenvalue weighted by Gasteiger charge is -2.08. The quantitative estimate of drug-likeness (QED) is 0.731. The van der Waals surface area contributed by atoms with Crippen LogP contribution < -0.4 is 10.5 Å². The van der Waals surface area contributed by atoms with E-state index in [9.17, 15) is 0 Å². The van der Waals surface area contributed by atoms with Crippen LogP contribution in [-0.4, -0.2) is 12.3 Å². The van der Waals surface area contributed by atoms with Gasteiger partial charge in [-0.2, -0.15) is 0 Å². The van der Waals surface area contributed by atoms with Crippen LogP contribution >= 0.6 is 34.5 Å². The second-order valence-corrected chi connectivity index (χ2v) is 6.49. The Morgan fingerprint density at radius 3 is 2.67 bits per heavy atom. The van der Waals surface area contributed by atoms with Gasteiger partial charge in [0.1, 0.15) is 15.8 Å². The zero-order chi connectivity index (χ0) is 15.0. The zero-order valence-corrected chi connectivity index (χ0v) is 13.2. The lowest BCUT2D eigenvalue weighted by molar-refractivity contribution is 0.416. The average molecular weight is 341 g/mol. The molecule has 0 fully saturated rings. The number of nitrogen functional groups attached to an aromatic ring is 1. The third-order valence-corrected chi connectivity index (χ3v) is 4.49. The van der Waals surface area contributed by atoms with Gasteiger partial charge in [0, 0.05) is 11.1 Å². The van der Waals surface area contributed by atoms with Crippen molar-refractivity contribution in [3.63, 3.8) is 0 Å². The topological polar surface area (TPSA) is 61.3 Å². The van der Waals surface area contributed by atoms with Gasteiger partial charge in [-0.3, -0.25) is 0 Å².